The van der Waals surface area contributed by atoms with Gasteiger partial charge in [-0.25, -0.2) is 0 Å². The fourth-order valence-electron chi connectivity index (χ4n) is 4.11. The van der Waals surface area contributed by atoms with E-state index in [4.69, 9.17) is 5.73 Å². The Hall–Kier alpha value is -0.860. The van der Waals surface area contributed by atoms with Gasteiger partial charge in [0, 0.05) is 12.1 Å². The van der Waals surface area contributed by atoms with Crippen molar-refractivity contribution in [3.05, 3.63) is 35.9 Å². The van der Waals surface area contributed by atoms with E-state index in [1.165, 1.54) is 115 Å². The third-order valence-electron chi connectivity index (χ3n) is 5.99. The zero-order valence-corrected chi connectivity index (χ0v) is 20.4. The number of unbranched alkanes of at least 4 members (excludes halogenated alkanes) is 15. The second kappa shape index (κ2) is 18.9. The number of aryl methyl sites for hydroxylation is 1. The molecule has 0 aliphatic carbocycles. The Bertz CT molecular complexity index is 463. The first-order valence-electron chi connectivity index (χ1n) is 13.1. The predicted octanol–water partition coefficient (Wildman–Crippen LogP) is 7.80. The van der Waals surface area contributed by atoms with E-state index >= 15 is 0 Å². The van der Waals surface area contributed by atoms with Crippen molar-refractivity contribution >= 4 is 0 Å². The molecule has 3 N–H and O–H groups in total. The van der Waals surface area contributed by atoms with Crippen LogP contribution in [0.25, 0.3) is 0 Å². The van der Waals surface area contributed by atoms with E-state index in [9.17, 15) is 0 Å². The van der Waals surface area contributed by atoms with Crippen LogP contribution in [0, 0.1) is 0 Å². The lowest BCUT2D eigenvalue weighted by molar-refractivity contribution is 0.457. The molecule has 1 rings (SSSR count). The van der Waals surface area contributed by atoms with E-state index in [0.717, 1.165) is 13.1 Å². The number of nitrogens with one attached hydrogen (secondary N) is 1. The minimum absolute atomic E-state index is 0.0807. The topological polar surface area (TPSA) is 38.0 Å². The van der Waals surface area contributed by atoms with Crippen molar-refractivity contribution in [2.24, 2.45) is 5.73 Å². The second-order valence-electron chi connectivity index (χ2n) is 10.1. The van der Waals surface area contributed by atoms with Crippen LogP contribution in [0.3, 0.4) is 0 Å². The fourth-order valence-corrected chi connectivity index (χ4v) is 4.11. The molecule has 0 amide bonds. The van der Waals surface area contributed by atoms with Gasteiger partial charge in [-0.3, -0.25) is 0 Å². The predicted molar refractivity (Wildman–Crippen MR) is 135 cm³/mol. The molecular formula is C28H52N2. The quantitative estimate of drug-likeness (QED) is 0.201. The number of hydrogen-bond donors (Lipinski definition) is 2. The van der Waals surface area contributed by atoms with Crippen molar-refractivity contribution in [3.63, 3.8) is 0 Å². The summed E-state index contributed by atoms with van der Waals surface area (Å²) in [4.78, 5) is 0. The van der Waals surface area contributed by atoms with Crippen molar-refractivity contribution in [3.8, 4) is 0 Å². The van der Waals surface area contributed by atoms with Gasteiger partial charge in [-0.05, 0) is 45.2 Å². The first-order chi connectivity index (χ1) is 14.6. The summed E-state index contributed by atoms with van der Waals surface area (Å²) >= 11 is 0. The molecule has 0 saturated carbocycles. The van der Waals surface area contributed by atoms with E-state index in [1.54, 1.807) is 0 Å². The van der Waals surface area contributed by atoms with Gasteiger partial charge >= 0.3 is 0 Å². The fraction of sp³-hybridized carbons (Fsp3) is 0.786. The van der Waals surface area contributed by atoms with Crippen LogP contribution < -0.4 is 11.1 Å². The van der Waals surface area contributed by atoms with Crippen LogP contribution in [-0.2, 0) is 6.42 Å². The minimum atomic E-state index is -0.0807. The minimum Gasteiger partial charge on any atom is -0.324 e. The Morgan fingerprint density at radius 1 is 0.600 bits per heavy atom. The van der Waals surface area contributed by atoms with Crippen molar-refractivity contribution in [1.82, 2.24) is 5.32 Å². The lowest BCUT2D eigenvalue weighted by atomic mass is 10.0. The van der Waals surface area contributed by atoms with E-state index < -0.39 is 0 Å². The molecule has 0 heterocycles. The summed E-state index contributed by atoms with van der Waals surface area (Å²) in [5.74, 6) is 0. The SMILES string of the molecule is CC(C)(N)CNCCCCCCCCCCCCCCCCCCc1ccccc1. The molecule has 1 aromatic carbocycles. The van der Waals surface area contributed by atoms with Gasteiger partial charge in [0.05, 0.1) is 0 Å². The maximum atomic E-state index is 5.97. The van der Waals surface area contributed by atoms with Crippen LogP contribution in [0.5, 0.6) is 0 Å². The summed E-state index contributed by atoms with van der Waals surface area (Å²) in [6.07, 6.45) is 24.0. The molecule has 0 aliphatic rings. The Morgan fingerprint density at radius 3 is 1.43 bits per heavy atom. The average molecular weight is 417 g/mol. The van der Waals surface area contributed by atoms with Crippen molar-refractivity contribution in [2.75, 3.05) is 13.1 Å². The van der Waals surface area contributed by atoms with Crippen LogP contribution in [0.1, 0.15) is 122 Å². The van der Waals surface area contributed by atoms with E-state index in [-0.39, 0.29) is 5.54 Å². The third kappa shape index (κ3) is 19.1. The van der Waals surface area contributed by atoms with Crippen molar-refractivity contribution < 1.29 is 0 Å². The van der Waals surface area contributed by atoms with Crippen LogP contribution in [0.15, 0.2) is 30.3 Å². The number of rotatable bonds is 21. The highest BCUT2D eigenvalue weighted by Crippen LogP contribution is 2.14. The molecule has 0 bridgehead atoms. The Morgan fingerprint density at radius 2 is 1.00 bits per heavy atom. The molecule has 0 unspecified atom stereocenters. The normalized spacial score (nSPS) is 11.8. The summed E-state index contributed by atoms with van der Waals surface area (Å²) in [6, 6.07) is 10.9. The van der Waals surface area contributed by atoms with Crippen LogP contribution in [0.2, 0.25) is 0 Å². The molecule has 2 nitrogen and oxygen atoms in total. The Kier molecular flexibility index (Phi) is 17.1. The molecule has 174 valence electrons. The van der Waals surface area contributed by atoms with Gasteiger partial charge in [-0.15, -0.1) is 0 Å². The van der Waals surface area contributed by atoms with Crippen LogP contribution >= 0.6 is 0 Å². The molecule has 30 heavy (non-hydrogen) atoms. The van der Waals surface area contributed by atoms with Gasteiger partial charge in [0.15, 0.2) is 0 Å². The molecule has 0 fully saturated rings. The zero-order valence-electron chi connectivity index (χ0n) is 20.4. The van der Waals surface area contributed by atoms with Gasteiger partial charge in [0.1, 0.15) is 0 Å². The summed E-state index contributed by atoms with van der Waals surface area (Å²) in [5, 5.41) is 3.46. The van der Waals surface area contributed by atoms with Crippen molar-refractivity contribution in [1.29, 1.82) is 0 Å². The van der Waals surface area contributed by atoms with Gasteiger partial charge < -0.3 is 11.1 Å². The molecule has 0 spiro atoms. The molecule has 1 aromatic rings. The van der Waals surface area contributed by atoms with Gasteiger partial charge in [0.25, 0.3) is 0 Å². The lowest BCUT2D eigenvalue weighted by Gasteiger charge is -2.18. The van der Waals surface area contributed by atoms with Crippen LogP contribution in [0.4, 0.5) is 0 Å². The smallest absolute Gasteiger partial charge is 0.0223 e. The van der Waals surface area contributed by atoms with Gasteiger partial charge in [-0.2, -0.15) is 0 Å². The van der Waals surface area contributed by atoms with E-state index in [2.05, 4.69) is 49.5 Å². The highest BCUT2D eigenvalue weighted by atomic mass is 14.9. The number of benzene rings is 1. The average Bonchev–Trinajstić information content (AvgIpc) is 2.72. The Labute approximate surface area is 188 Å². The maximum Gasteiger partial charge on any atom is 0.0223 e. The highest BCUT2D eigenvalue weighted by molar-refractivity contribution is 5.14. The number of nitrogens with two attached hydrogens (primary N) is 1. The third-order valence-corrected chi connectivity index (χ3v) is 5.99. The standard InChI is InChI=1S/C28H52N2/c1-28(2,29)26-30-25-21-16-14-12-10-8-6-4-3-5-7-9-11-13-15-18-22-27-23-19-17-20-24-27/h17,19-20,23-24,30H,3-16,18,21-22,25-26,29H2,1-2H3. The van der Waals surface area contributed by atoms with Gasteiger partial charge in [0.2, 0.25) is 0 Å². The summed E-state index contributed by atoms with van der Waals surface area (Å²) < 4.78 is 0. The molecular weight excluding hydrogens is 364 g/mol. The van der Waals surface area contributed by atoms with E-state index in [1.807, 2.05) is 0 Å². The highest BCUT2D eigenvalue weighted by Gasteiger charge is 2.08. The van der Waals surface area contributed by atoms with Crippen LogP contribution in [-0.4, -0.2) is 18.6 Å². The largest absolute Gasteiger partial charge is 0.324 e. The first-order valence-corrected chi connectivity index (χ1v) is 13.1. The molecule has 0 saturated heterocycles. The summed E-state index contributed by atoms with van der Waals surface area (Å²) in [6.45, 7) is 6.20. The lowest BCUT2D eigenvalue weighted by Crippen LogP contribution is -2.43. The van der Waals surface area contributed by atoms with Gasteiger partial charge in [-0.1, -0.05) is 120 Å². The van der Waals surface area contributed by atoms with Crippen molar-refractivity contribution in [2.45, 2.75) is 129 Å². The first kappa shape index (κ1) is 27.2. The summed E-state index contributed by atoms with van der Waals surface area (Å²) in [7, 11) is 0. The monoisotopic (exact) mass is 416 g/mol. The molecule has 0 aromatic heterocycles. The molecule has 0 aliphatic heterocycles. The molecule has 0 atom stereocenters. The number of hydrogen-bond acceptors (Lipinski definition) is 2. The Balaban J connectivity index is 1.68. The molecule has 0 radical (unpaired) electrons. The second-order valence-corrected chi connectivity index (χ2v) is 10.1. The maximum absolute atomic E-state index is 5.97. The molecule has 2 heteroatoms. The summed E-state index contributed by atoms with van der Waals surface area (Å²) in [5.41, 5.74) is 7.38. The van der Waals surface area contributed by atoms with E-state index in [0.29, 0.717) is 0 Å². The zero-order chi connectivity index (χ0) is 21.8.